The molecule has 3 atom stereocenters. The number of hydrogen-bond acceptors (Lipinski definition) is 6. The Morgan fingerprint density at radius 2 is 1.40 bits per heavy atom. The van der Waals surface area contributed by atoms with Crippen molar-refractivity contribution >= 4 is 28.9 Å². The summed E-state index contributed by atoms with van der Waals surface area (Å²) >= 11 is 0. The number of rotatable bonds is 4. The highest BCUT2D eigenvalue weighted by Crippen LogP contribution is 2.47. The lowest BCUT2D eigenvalue weighted by Gasteiger charge is -2.30. The first-order valence-electron chi connectivity index (χ1n) is 11.7. The number of anilines is 3. The highest BCUT2D eigenvalue weighted by Gasteiger charge is 2.60. The van der Waals surface area contributed by atoms with E-state index < -0.39 is 24.0 Å². The molecule has 0 aromatic heterocycles. The van der Waals surface area contributed by atoms with E-state index in [0.29, 0.717) is 24.5 Å². The van der Waals surface area contributed by atoms with Crippen LogP contribution in [0.25, 0.3) is 0 Å². The van der Waals surface area contributed by atoms with Crippen LogP contribution in [0.1, 0.15) is 11.6 Å². The standard InChI is InChI=1S/C27H24FN3O4/c28-19-8-6-18(7-9-19)24-23-25(35-31(24)22-4-2-1-3-5-22)27(33)30(26(23)32)21-12-10-20(11-13-21)29-14-16-34-17-15-29/h1-13,23-25H,14-17H2/t23-,24+,25-/m1/s1. The van der Waals surface area contributed by atoms with Crippen LogP contribution in [-0.4, -0.2) is 44.2 Å². The number of imide groups is 1. The molecule has 3 saturated heterocycles. The number of hydrogen-bond donors (Lipinski definition) is 0. The minimum atomic E-state index is -0.961. The topological polar surface area (TPSA) is 62.3 Å². The number of para-hydroxylation sites is 1. The van der Waals surface area contributed by atoms with Gasteiger partial charge in [0.05, 0.1) is 30.6 Å². The Morgan fingerprint density at radius 3 is 2.09 bits per heavy atom. The Kier molecular flexibility index (Phi) is 5.47. The first kappa shape index (κ1) is 21.8. The predicted octanol–water partition coefficient (Wildman–Crippen LogP) is 3.71. The molecular formula is C27H24FN3O4. The van der Waals surface area contributed by atoms with E-state index in [0.717, 1.165) is 24.5 Å². The van der Waals surface area contributed by atoms with Gasteiger partial charge in [-0.2, -0.15) is 0 Å². The molecule has 2 amide bonds. The van der Waals surface area contributed by atoms with Gasteiger partial charge in [0.25, 0.3) is 5.91 Å². The van der Waals surface area contributed by atoms with Gasteiger partial charge in [0.2, 0.25) is 5.91 Å². The summed E-state index contributed by atoms with van der Waals surface area (Å²) in [6, 6.07) is 22.2. The zero-order valence-corrected chi connectivity index (χ0v) is 18.9. The highest BCUT2D eigenvalue weighted by molar-refractivity contribution is 6.24. The van der Waals surface area contributed by atoms with Crippen LogP contribution < -0.4 is 14.9 Å². The normalized spacial score (nSPS) is 24.3. The lowest BCUT2D eigenvalue weighted by Crippen LogP contribution is -2.38. The van der Waals surface area contributed by atoms with Crippen molar-refractivity contribution in [1.82, 2.24) is 0 Å². The van der Waals surface area contributed by atoms with Gasteiger partial charge in [-0.05, 0) is 54.1 Å². The summed E-state index contributed by atoms with van der Waals surface area (Å²) in [4.78, 5) is 36.7. The van der Waals surface area contributed by atoms with Crippen LogP contribution in [0.4, 0.5) is 21.5 Å². The van der Waals surface area contributed by atoms with Crippen LogP contribution in [0.15, 0.2) is 78.9 Å². The van der Waals surface area contributed by atoms with Gasteiger partial charge in [-0.15, -0.1) is 0 Å². The lowest BCUT2D eigenvalue weighted by atomic mass is 9.90. The molecule has 3 fully saturated rings. The zero-order chi connectivity index (χ0) is 23.9. The summed E-state index contributed by atoms with van der Waals surface area (Å²) in [6.07, 6.45) is -0.961. The van der Waals surface area contributed by atoms with Crippen LogP contribution in [-0.2, 0) is 19.2 Å². The minimum absolute atomic E-state index is 0.327. The van der Waals surface area contributed by atoms with Gasteiger partial charge < -0.3 is 9.64 Å². The smallest absolute Gasteiger partial charge is 0.266 e. The molecule has 0 N–H and O–H groups in total. The fraction of sp³-hybridized carbons (Fsp3) is 0.259. The number of halogens is 1. The van der Waals surface area contributed by atoms with E-state index in [4.69, 9.17) is 9.57 Å². The maximum atomic E-state index is 13.7. The lowest BCUT2D eigenvalue weighted by molar-refractivity contribution is -0.126. The zero-order valence-electron chi connectivity index (χ0n) is 18.9. The molecule has 3 aliphatic heterocycles. The second kappa shape index (κ2) is 8.79. The van der Waals surface area contributed by atoms with Crippen LogP contribution in [0.2, 0.25) is 0 Å². The summed E-state index contributed by atoms with van der Waals surface area (Å²) < 4.78 is 19.1. The SMILES string of the molecule is O=C1[C@H]2[C@@H](ON(c3ccccc3)[C@H]2c2ccc(F)cc2)C(=O)N1c1ccc(N2CCOCC2)cc1. The van der Waals surface area contributed by atoms with Crippen molar-refractivity contribution in [1.29, 1.82) is 0 Å². The maximum absolute atomic E-state index is 13.7. The van der Waals surface area contributed by atoms with E-state index in [1.807, 2.05) is 42.5 Å². The first-order valence-corrected chi connectivity index (χ1v) is 11.7. The molecule has 8 heteroatoms. The maximum Gasteiger partial charge on any atom is 0.266 e. The molecule has 0 unspecified atom stereocenters. The predicted molar refractivity (Wildman–Crippen MR) is 128 cm³/mol. The van der Waals surface area contributed by atoms with Crippen molar-refractivity contribution in [3.63, 3.8) is 0 Å². The van der Waals surface area contributed by atoms with Crippen molar-refractivity contribution < 1.29 is 23.6 Å². The van der Waals surface area contributed by atoms with Crippen molar-refractivity contribution in [3.05, 3.63) is 90.2 Å². The number of hydroxylamine groups is 1. The van der Waals surface area contributed by atoms with E-state index in [1.165, 1.54) is 17.0 Å². The first-order chi connectivity index (χ1) is 17.1. The molecule has 3 aliphatic rings. The molecule has 0 bridgehead atoms. The monoisotopic (exact) mass is 473 g/mol. The Bertz CT molecular complexity index is 1230. The number of carbonyl (C=O) groups is 2. The third kappa shape index (κ3) is 3.75. The van der Waals surface area contributed by atoms with Crippen molar-refractivity contribution in [2.75, 3.05) is 41.2 Å². The average Bonchev–Trinajstić information content (AvgIpc) is 3.41. The fourth-order valence-corrected chi connectivity index (χ4v) is 5.10. The molecule has 3 aromatic carbocycles. The summed E-state index contributed by atoms with van der Waals surface area (Å²) in [7, 11) is 0. The van der Waals surface area contributed by atoms with E-state index in [-0.39, 0.29) is 11.7 Å². The van der Waals surface area contributed by atoms with Crippen molar-refractivity contribution in [2.24, 2.45) is 5.92 Å². The highest BCUT2D eigenvalue weighted by atomic mass is 19.1. The molecule has 0 saturated carbocycles. The van der Waals surface area contributed by atoms with Crippen LogP contribution in [0, 0.1) is 11.7 Å². The number of fused-ring (bicyclic) bond motifs is 1. The minimum Gasteiger partial charge on any atom is -0.378 e. The number of carbonyl (C=O) groups excluding carboxylic acids is 2. The van der Waals surface area contributed by atoms with Gasteiger partial charge in [-0.1, -0.05) is 30.3 Å². The van der Waals surface area contributed by atoms with Gasteiger partial charge in [0, 0.05) is 18.8 Å². The van der Waals surface area contributed by atoms with Crippen molar-refractivity contribution in [2.45, 2.75) is 12.1 Å². The molecule has 0 radical (unpaired) electrons. The van der Waals surface area contributed by atoms with Gasteiger partial charge in [0.1, 0.15) is 11.7 Å². The molecule has 7 nitrogen and oxygen atoms in total. The summed E-state index contributed by atoms with van der Waals surface area (Å²) in [5, 5.41) is 1.61. The molecule has 0 aliphatic carbocycles. The molecule has 6 rings (SSSR count). The summed E-state index contributed by atoms with van der Waals surface area (Å²) in [6.45, 7) is 2.95. The second-order valence-corrected chi connectivity index (χ2v) is 8.84. The summed E-state index contributed by atoms with van der Waals surface area (Å²) in [5.41, 5.74) is 2.96. The second-order valence-electron chi connectivity index (χ2n) is 8.84. The molecule has 178 valence electrons. The van der Waals surface area contributed by atoms with Crippen LogP contribution in [0.3, 0.4) is 0 Å². The van der Waals surface area contributed by atoms with Gasteiger partial charge >= 0.3 is 0 Å². The number of benzene rings is 3. The van der Waals surface area contributed by atoms with Crippen LogP contribution in [0.5, 0.6) is 0 Å². The molecule has 0 spiro atoms. The third-order valence-electron chi connectivity index (χ3n) is 6.82. The van der Waals surface area contributed by atoms with Crippen molar-refractivity contribution in [3.8, 4) is 0 Å². The van der Waals surface area contributed by atoms with Gasteiger partial charge in [-0.25, -0.2) is 14.4 Å². The Hall–Kier alpha value is -3.75. The summed E-state index contributed by atoms with van der Waals surface area (Å²) in [5.74, 6) is -1.85. The number of morpholine rings is 1. The largest absolute Gasteiger partial charge is 0.378 e. The van der Waals surface area contributed by atoms with E-state index >= 15 is 0 Å². The fourth-order valence-electron chi connectivity index (χ4n) is 5.10. The quantitative estimate of drug-likeness (QED) is 0.539. The molecule has 3 aromatic rings. The molecular weight excluding hydrogens is 449 g/mol. The Balaban J connectivity index is 1.33. The number of nitrogens with zero attached hydrogens (tertiary/aromatic N) is 3. The van der Waals surface area contributed by atoms with Gasteiger partial charge in [-0.3, -0.25) is 14.4 Å². The third-order valence-corrected chi connectivity index (χ3v) is 6.82. The number of amides is 2. The van der Waals surface area contributed by atoms with E-state index in [9.17, 15) is 14.0 Å². The van der Waals surface area contributed by atoms with Gasteiger partial charge in [0.15, 0.2) is 6.10 Å². The average molecular weight is 474 g/mol. The van der Waals surface area contributed by atoms with E-state index in [1.54, 1.807) is 29.3 Å². The molecule has 35 heavy (non-hydrogen) atoms. The molecule has 3 heterocycles. The Labute approximate surface area is 202 Å². The van der Waals surface area contributed by atoms with Crippen LogP contribution >= 0.6 is 0 Å². The number of ether oxygens (including phenoxy) is 1. The van der Waals surface area contributed by atoms with E-state index in [2.05, 4.69) is 4.90 Å². The Morgan fingerprint density at radius 1 is 0.743 bits per heavy atom.